The fraction of sp³-hybridized carbons (Fsp3) is 0.636. The molecule has 0 bridgehead atoms. The van der Waals surface area contributed by atoms with Gasteiger partial charge in [0.15, 0.2) is 5.13 Å². The summed E-state index contributed by atoms with van der Waals surface area (Å²) in [6.07, 6.45) is 1.20. The maximum absolute atomic E-state index is 12.4. The van der Waals surface area contributed by atoms with Crippen molar-refractivity contribution in [1.29, 1.82) is 0 Å². The Labute approximate surface area is 125 Å². The summed E-state index contributed by atoms with van der Waals surface area (Å²) in [7, 11) is 0. The number of nitro groups is 1. The molecular formula is C11H16N6O3S. The number of rotatable bonds is 4. The van der Waals surface area contributed by atoms with Crippen molar-refractivity contribution in [2.24, 2.45) is 0 Å². The summed E-state index contributed by atoms with van der Waals surface area (Å²) in [5.41, 5.74) is 0. The third-order valence-corrected chi connectivity index (χ3v) is 4.54. The first-order valence-corrected chi connectivity index (χ1v) is 7.56. The Balaban J connectivity index is 1.63. The number of piperazine rings is 1. The van der Waals surface area contributed by atoms with Crippen molar-refractivity contribution in [2.45, 2.75) is 0 Å². The maximum atomic E-state index is 12.4. The number of aromatic nitrogens is 1. The summed E-state index contributed by atoms with van der Waals surface area (Å²) in [5, 5.41) is 14.3. The van der Waals surface area contributed by atoms with Gasteiger partial charge in [-0.15, -0.1) is 0 Å². The van der Waals surface area contributed by atoms with Crippen molar-refractivity contribution in [2.75, 3.05) is 50.8 Å². The summed E-state index contributed by atoms with van der Waals surface area (Å²) in [4.78, 5) is 32.0. The average Bonchev–Trinajstić information content (AvgIpc) is 3.08. The van der Waals surface area contributed by atoms with E-state index in [1.165, 1.54) is 11.1 Å². The van der Waals surface area contributed by atoms with Gasteiger partial charge in [0.25, 0.3) is 0 Å². The molecule has 0 aromatic carbocycles. The van der Waals surface area contributed by atoms with Crippen LogP contribution in [-0.2, 0) is 0 Å². The first kappa shape index (κ1) is 14.2. The monoisotopic (exact) mass is 312 g/mol. The highest BCUT2D eigenvalue weighted by Gasteiger charge is 2.33. The molecule has 1 N–H and O–H groups in total. The summed E-state index contributed by atoms with van der Waals surface area (Å²) < 4.78 is 0. The van der Waals surface area contributed by atoms with Crippen LogP contribution in [0.1, 0.15) is 0 Å². The van der Waals surface area contributed by atoms with Gasteiger partial charge < -0.3 is 10.2 Å². The molecule has 21 heavy (non-hydrogen) atoms. The molecule has 2 aliphatic rings. The molecule has 1 aromatic heterocycles. The number of amides is 2. The minimum absolute atomic E-state index is 0.0432. The summed E-state index contributed by atoms with van der Waals surface area (Å²) in [5.74, 6) is 0. The van der Waals surface area contributed by atoms with Gasteiger partial charge in [-0.1, -0.05) is 0 Å². The van der Waals surface area contributed by atoms with Crippen LogP contribution < -0.4 is 10.2 Å². The largest absolute Gasteiger partial charge is 0.345 e. The molecule has 2 amide bonds. The topological polar surface area (TPSA) is 94.9 Å². The first-order chi connectivity index (χ1) is 10.1. The van der Waals surface area contributed by atoms with Crippen LogP contribution in [0, 0.1) is 10.1 Å². The quantitative estimate of drug-likeness (QED) is 0.628. The van der Waals surface area contributed by atoms with Gasteiger partial charge >= 0.3 is 11.0 Å². The fourth-order valence-corrected chi connectivity index (χ4v) is 3.20. The molecule has 0 radical (unpaired) electrons. The average molecular weight is 312 g/mol. The van der Waals surface area contributed by atoms with Gasteiger partial charge in [0.1, 0.15) is 6.20 Å². The van der Waals surface area contributed by atoms with E-state index in [9.17, 15) is 14.9 Å². The molecule has 2 fully saturated rings. The molecule has 0 atom stereocenters. The molecule has 9 nitrogen and oxygen atoms in total. The zero-order chi connectivity index (χ0) is 14.8. The standard InChI is InChI=1S/C11H16N6O3S/c18-11-15(8-14-3-1-12-2-4-14)5-6-16(11)10-13-7-9(21-10)17(19)20/h7,12H,1-6,8H2. The van der Waals surface area contributed by atoms with E-state index in [0.717, 1.165) is 37.5 Å². The van der Waals surface area contributed by atoms with Gasteiger partial charge in [-0.05, 0) is 11.3 Å². The van der Waals surface area contributed by atoms with Gasteiger partial charge in [-0.2, -0.15) is 0 Å². The Morgan fingerprint density at radius 2 is 2.10 bits per heavy atom. The van der Waals surface area contributed by atoms with Gasteiger partial charge in [0.05, 0.1) is 11.6 Å². The predicted molar refractivity (Wildman–Crippen MR) is 77.5 cm³/mol. The zero-order valence-electron chi connectivity index (χ0n) is 11.4. The number of thiazole rings is 1. The van der Waals surface area contributed by atoms with Crippen LogP contribution in [0.4, 0.5) is 14.9 Å². The van der Waals surface area contributed by atoms with Crippen molar-refractivity contribution in [3.8, 4) is 0 Å². The minimum atomic E-state index is -0.486. The lowest BCUT2D eigenvalue weighted by Gasteiger charge is -2.30. The molecule has 3 rings (SSSR count). The Morgan fingerprint density at radius 3 is 2.76 bits per heavy atom. The Kier molecular flexibility index (Phi) is 3.99. The van der Waals surface area contributed by atoms with Gasteiger partial charge in [0, 0.05) is 39.3 Å². The molecule has 0 spiro atoms. The van der Waals surface area contributed by atoms with E-state index in [-0.39, 0.29) is 11.0 Å². The van der Waals surface area contributed by atoms with Crippen molar-refractivity contribution >= 4 is 27.5 Å². The number of anilines is 1. The normalized spacial score (nSPS) is 20.3. The molecule has 0 aliphatic carbocycles. The second-order valence-electron chi connectivity index (χ2n) is 4.95. The van der Waals surface area contributed by atoms with Gasteiger partial charge in [-0.25, -0.2) is 9.78 Å². The fourth-order valence-electron chi connectivity index (χ4n) is 2.45. The minimum Gasteiger partial charge on any atom is -0.314 e. The molecule has 1 aromatic rings. The molecule has 0 saturated carbocycles. The van der Waals surface area contributed by atoms with E-state index >= 15 is 0 Å². The number of carbonyl (C=O) groups excluding carboxylic acids is 1. The maximum Gasteiger partial charge on any atom is 0.345 e. The molecule has 10 heteroatoms. The molecule has 2 saturated heterocycles. The third-order valence-electron chi connectivity index (χ3n) is 3.57. The lowest BCUT2D eigenvalue weighted by molar-refractivity contribution is -0.380. The first-order valence-electron chi connectivity index (χ1n) is 6.75. The number of nitrogens with zero attached hydrogens (tertiary/aromatic N) is 5. The van der Waals surface area contributed by atoms with Crippen LogP contribution in [0.3, 0.4) is 0 Å². The molecule has 3 heterocycles. The number of urea groups is 1. The highest BCUT2D eigenvalue weighted by Crippen LogP contribution is 2.30. The van der Waals surface area contributed by atoms with Crippen LogP contribution >= 0.6 is 11.3 Å². The van der Waals surface area contributed by atoms with Crippen molar-refractivity contribution < 1.29 is 9.72 Å². The lowest BCUT2D eigenvalue weighted by Crippen LogP contribution is -2.49. The van der Waals surface area contributed by atoms with E-state index in [1.54, 1.807) is 4.90 Å². The van der Waals surface area contributed by atoms with E-state index in [2.05, 4.69) is 15.2 Å². The van der Waals surface area contributed by atoms with Crippen LogP contribution in [-0.4, -0.2) is 71.7 Å². The van der Waals surface area contributed by atoms with Crippen molar-refractivity contribution in [3.63, 3.8) is 0 Å². The second kappa shape index (κ2) is 5.92. The number of hydrogen-bond donors (Lipinski definition) is 1. The molecule has 2 aliphatic heterocycles. The SMILES string of the molecule is O=C1N(CN2CCNCC2)CCN1c1ncc([N+](=O)[O-])s1. The zero-order valence-corrected chi connectivity index (χ0v) is 12.2. The highest BCUT2D eigenvalue weighted by molar-refractivity contribution is 7.18. The summed E-state index contributed by atoms with van der Waals surface area (Å²) in [6.45, 7) is 5.46. The molecular weight excluding hydrogens is 296 g/mol. The van der Waals surface area contributed by atoms with E-state index in [1.807, 2.05) is 0 Å². The van der Waals surface area contributed by atoms with Crippen LogP contribution in [0.15, 0.2) is 6.20 Å². The van der Waals surface area contributed by atoms with E-state index in [0.29, 0.717) is 24.9 Å². The number of hydrogen-bond acceptors (Lipinski definition) is 7. The van der Waals surface area contributed by atoms with Crippen LogP contribution in [0.2, 0.25) is 0 Å². The number of nitrogens with one attached hydrogen (secondary N) is 1. The lowest BCUT2D eigenvalue weighted by atomic mass is 10.4. The Bertz CT molecular complexity index is 544. The Hall–Kier alpha value is -1.78. The van der Waals surface area contributed by atoms with E-state index < -0.39 is 4.92 Å². The Morgan fingerprint density at radius 1 is 1.33 bits per heavy atom. The van der Waals surface area contributed by atoms with Gasteiger partial charge in [-0.3, -0.25) is 19.9 Å². The van der Waals surface area contributed by atoms with E-state index in [4.69, 9.17) is 0 Å². The highest BCUT2D eigenvalue weighted by atomic mass is 32.1. The third kappa shape index (κ3) is 2.96. The smallest absolute Gasteiger partial charge is 0.314 e. The van der Waals surface area contributed by atoms with Crippen LogP contribution in [0.25, 0.3) is 0 Å². The van der Waals surface area contributed by atoms with Crippen molar-refractivity contribution in [1.82, 2.24) is 20.1 Å². The summed E-state index contributed by atoms with van der Waals surface area (Å²) >= 11 is 0.935. The van der Waals surface area contributed by atoms with Gasteiger partial charge in [0.2, 0.25) is 0 Å². The molecule has 0 unspecified atom stereocenters. The van der Waals surface area contributed by atoms with Crippen molar-refractivity contribution in [3.05, 3.63) is 16.3 Å². The summed E-state index contributed by atoms with van der Waals surface area (Å²) in [6, 6.07) is -0.127. The van der Waals surface area contributed by atoms with Crippen LogP contribution in [0.5, 0.6) is 0 Å². The molecule has 114 valence electrons. The number of carbonyl (C=O) groups is 1. The predicted octanol–water partition coefficient (Wildman–Crippen LogP) is 0.156. The second-order valence-corrected chi connectivity index (χ2v) is 5.93.